The van der Waals surface area contributed by atoms with Gasteiger partial charge in [0.1, 0.15) is 0 Å². The SMILES string of the molecule is Cc1ccc(-c2sc(-c3sc4sc(-c5cnco5)c(C)c4c3C)c3ccccc23)cc1. The third kappa shape index (κ3) is 2.92. The van der Waals surface area contributed by atoms with E-state index in [-0.39, 0.29) is 0 Å². The minimum Gasteiger partial charge on any atom is -0.443 e. The summed E-state index contributed by atoms with van der Waals surface area (Å²) >= 11 is 5.62. The monoisotopic (exact) mass is 457 g/mol. The van der Waals surface area contributed by atoms with Crippen molar-refractivity contribution in [1.82, 2.24) is 4.98 Å². The molecule has 6 aromatic rings. The summed E-state index contributed by atoms with van der Waals surface area (Å²) in [4.78, 5) is 9.39. The molecule has 0 aliphatic rings. The Labute approximate surface area is 192 Å². The van der Waals surface area contributed by atoms with Crippen LogP contribution in [0.2, 0.25) is 0 Å². The van der Waals surface area contributed by atoms with Gasteiger partial charge in [-0.2, -0.15) is 0 Å². The Hall–Kier alpha value is -2.73. The zero-order valence-corrected chi connectivity index (χ0v) is 19.8. The van der Waals surface area contributed by atoms with E-state index in [2.05, 4.69) is 74.3 Å². The Morgan fingerprint density at radius 1 is 0.710 bits per heavy atom. The Balaban J connectivity index is 1.57. The molecule has 0 N–H and O–H groups in total. The molecule has 0 spiro atoms. The number of nitrogens with zero attached hydrogens (tertiary/aromatic N) is 1. The molecule has 0 saturated heterocycles. The second-order valence-electron chi connectivity index (χ2n) is 7.81. The number of fused-ring (bicyclic) bond motifs is 2. The number of hydrogen-bond acceptors (Lipinski definition) is 5. The fourth-order valence-corrected chi connectivity index (χ4v) is 8.53. The average Bonchev–Trinajstić information content (AvgIpc) is 3.54. The van der Waals surface area contributed by atoms with Crippen molar-refractivity contribution in [3.63, 3.8) is 0 Å². The highest BCUT2D eigenvalue weighted by atomic mass is 32.2. The van der Waals surface area contributed by atoms with Gasteiger partial charge in [0.05, 0.1) is 20.0 Å². The number of aromatic nitrogens is 1. The first-order valence-electron chi connectivity index (χ1n) is 10.1. The maximum absolute atomic E-state index is 5.58. The first-order valence-corrected chi connectivity index (χ1v) is 12.6. The van der Waals surface area contributed by atoms with Crippen molar-refractivity contribution < 1.29 is 4.42 Å². The maximum atomic E-state index is 5.58. The van der Waals surface area contributed by atoms with E-state index in [9.17, 15) is 0 Å². The van der Waals surface area contributed by atoms with Gasteiger partial charge < -0.3 is 4.42 Å². The molecule has 152 valence electrons. The van der Waals surface area contributed by atoms with Gasteiger partial charge in [-0.3, -0.25) is 0 Å². The highest BCUT2D eigenvalue weighted by Gasteiger charge is 2.23. The molecule has 2 nitrogen and oxygen atoms in total. The van der Waals surface area contributed by atoms with Crippen LogP contribution in [0.1, 0.15) is 16.7 Å². The average molecular weight is 458 g/mol. The van der Waals surface area contributed by atoms with Crippen LogP contribution in [0.4, 0.5) is 0 Å². The molecule has 4 aromatic heterocycles. The number of aryl methyl sites for hydroxylation is 3. The maximum Gasteiger partial charge on any atom is 0.181 e. The summed E-state index contributed by atoms with van der Waals surface area (Å²) in [7, 11) is 0. The molecule has 0 saturated carbocycles. The predicted octanol–water partition coefficient (Wildman–Crippen LogP) is 9.09. The minimum atomic E-state index is 0.857. The zero-order valence-electron chi connectivity index (χ0n) is 17.4. The van der Waals surface area contributed by atoms with Crippen molar-refractivity contribution in [2.24, 2.45) is 0 Å². The second kappa shape index (κ2) is 7.16. The summed E-state index contributed by atoms with van der Waals surface area (Å²) in [5, 5.41) is 4.04. The van der Waals surface area contributed by atoms with Gasteiger partial charge in [-0.05, 0) is 37.5 Å². The highest BCUT2D eigenvalue weighted by Crippen LogP contribution is 2.52. The summed E-state index contributed by atoms with van der Waals surface area (Å²) in [5.74, 6) is 0.857. The van der Waals surface area contributed by atoms with Crippen LogP contribution in [-0.2, 0) is 0 Å². The van der Waals surface area contributed by atoms with Gasteiger partial charge in [-0.1, -0.05) is 54.1 Å². The lowest BCUT2D eigenvalue weighted by Crippen LogP contribution is -1.77. The van der Waals surface area contributed by atoms with E-state index in [0.29, 0.717) is 0 Å². The molecule has 0 bridgehead atoms. The summed E-state index contributed by atoms with van der Waals surface area (Å²) in [5.41, 5.74) is 5.23. The molecular formula is C26H19NOS3. The Morgan fingerprint density at radius 2 is 1.39 bits per heavy atom. The molecule has 0 radical (unpaired) electrons. The van der Waals surface area contributed by atoms with Crippen LogP contribution in [-0.4, -0.2) is 4.98 Å². The van der Waals surface area contributed by atoms with Crippen molar-refractivity contribution in [2.45, 2.75) is 20.8 Å². The van der Waals surface area contributed by atoms with Crippen LogP contribution in [0.3, 0.4) is 0 Å². The molecule has 2 aromatic carbocycles. The fourth-order valence-electron chi connectivity index (χ4n) is 4.23. The lowest BCUT2D eigenvalue weighted by molar-refractivity contribution is 0.573. The molecule has 6 rings (SSSR count). The predicted molar refractivity (Wildman–Crippen MR) is 136 cm³/mol. The number of rotatable bonds is 3. The molecule has 4 heterocycles. The van der Waals surface area contributed by atoms with Crippen LogP contribution >= 0.6 is 34.0 Å². The van der Waals surface area contributed by atoms with Gasteiger partial charge in [0.25, 0.3) is 0 Å². The molecule has 0 amide bonds. The molecule has 5 heteroatoms. The normalized spacial score (nSPS) is 11.7. The van der Waals surface area contributed by atoms with E-state index < -0.39 is 0 Å². The zero-order chi connectivity index (χ0) is 21.1. The van der Waals surface area contributed by atoms with E-state index in [1.807, 2.05) is 34.0 Å². The number of oxazole rings is 1. The van der Waals surface area contributed by atoms with E-state index in [1.54, 1.807) is 6.20 Å². The van der Waals surface area contributed by atoms with Crippen molar-refractivity contribution in [1.29, 1.82) is 0 Å². The second-order valence-corrected chi connectivity index (χ2v) is 11.1. The van der Waals surface area contributed by atoms with Gasteiger partial charge in [0, 0.05) is 25.9 Å². The number of benzene rings is 2. The largest absolute Gasteiger partial charge is 0.443 e. The van der Waals surface area contributed by atoms with Crippen molar-refractivity contribution in [2.75, 3.05) is 0 Å². The number of hydrogen-bond donors (Lipinski definition) is 0. The third-order valence-corrected chi connectivity index (χ3v) is 9.94. The molecule has 31 heavy (non-hydrogen) atoms. The van der Waals surface area contributed by atoms with Crippen LogP contribution in [0.25, 0.3) is 51.0 Å². The summed E-state index contributed by atoms with van der Waals surface area (Å²) < 4.78 is 6.93. The van der Waals surface area contributed by atoms with Gasteiger partial charge in [0.2, 0.25) is 0 Å². The first kappa shape index (κ1) is 19.0. The molecule has 0 aliphatic carbocycles. The molecule has 0 atom stereocenters. The highest BCUT2D eigenvalue weighted by molar-refractivity contribution is 7.42. The lowest BCUT2D eigenvalue weighted by atomic mass is 10.0. The Bertz CT molecular complexity index is 1550. The standard InChI is InChI=1S/C26H19NOS3/c1-14-8-10-17(11-9-14)24-18-6-4-5-7-19(18)25(29-24)23-16(3)21-15(2)22(30-26(21)31-23)20-12-27-13-28-20/h4-13H,1-3H3. The van der Waals surface area contributed by atoms with Gasteiger partial charge in [-0.25, -0.2) is 4.98 Å². The van der Waals surface area contributed by atoms with Crippen LogP contribution in [0, 0.1) is 20.8 Å². The first-order chi connectivity index (χ1) is 15.1. The molecule has 0 unspecified atom stereocenters. The summed E-state index contributed by atoms with van der Waals surface area (Å²) in [6.45, 7) is 6.60. The quantitative estimate of drug-likeness (QED) is 0.265. The van der Waals surface area contributed by atoms with Crippen molar-refractivity contribution >= 4 is 54.2 Å². The smallest absolute Gasteiger partial charge is 0.181 e. The Morgan fingerprint density at radius 3 is 2.06 bits per heavy atom. The van der Waals surface area contributed by atoms with Crippen LogP contribution in [0.15, 0.2) is 65.5 Å². The van der Waals surface area contributed by atoms with Crippen LogP contribution < -0.4 is 0 Å². The van der Waals surface area contributed by atoms with Gasteiger partial charge >= 0.3 is 0 Å². The van der Waals surface area contributed by atoms with E-state index in [0.717, 1.165) is 5.76 Å². The molecular weight excluding hydrogens is 438 g/mol. The van der Waals surface area contributed by atoms with E-state index in [1.165, 1.54) is 68.3 Å². The van der Waals surface area contributed by atoms with Gasteiger partial charge in [0.15, 0.2) is 12.2 Å². The number of thiophene rings is 3. The van der Waals surface area contributed by atoms with Crippen molar-refractivity contribution in [3.8, 4) is 30.8 Å². The Kier molecular flexibility index (Phi) is 4.39. The topological polar surface area (TPSA) is 26.0 Å². The lowest BCUT2D eigenvalue weighted by Gasteiger charge is -2.00. The minimum absolute atomic E-state index is 0.857. The fraction of sp³-hybridized carbons (Fsp3) is 0.115. The molecule has 0 aliphatic heterocycles. The van der Waals surface area contributed by atoms with E-state index in [4.69, 9.17) is 4.42 Å². The third-order valence-electron chi connectivity index (χ3n) is 5.82. The summed E-state index contributed by atoms with van der Waals surface area (Å²) in [6.07, 6.45) is 3.31. The molecule has 0 fully saturated rings. The summed E-state index contributed by atoms with van der Waals surface area (Å²) in [6, 6.07) is 17.7. The van der Waals surface area contributed by atoms with Crippen molar-refractivity contribution in [3.05, 3.63) is 77.8 Å². The van der Waals surface area contributed by atoms with E-state index >= 15 is 0 Å². The van der Waals surface area contributed by atoms with Gasteiger partial charge in [-0.15, -0.1) is 34.0 Å². The van der Waals surface area contributed by atoms with Crippen LogP contribution in [0.5, 0.6) is 0 Å².